The Kier molecular flexibility index (Phi) is 7.04. The van der Waals surface area contributed by atoms with E-state index < -0.39 is 5.97 Å². The first-order valence-electron chi connectivity index (χ1n) is 10.8. The van der Waals surface area contributed by atoms with E-state index in [9.17, 15) is 9.59 Å². The van der Waals surface area contributed by atoms with Gasteiger partial charge in [-0.2, -0.15) is 0 Å². The van der Waals surface area contributed by atoms with E-state index in [0.717, 1.165) is 22.0 Å². The summed E-state index contributed by atoms with van der Waals surface area (Å²) in [5.74, 6) is -1.35. The SMILES string of the molecule is CN(CC(=O)O)C(=O)c1ccc(CN(C)c2nc(-c3ccc(-c4ccccc4)cc3)cs2)cc1. The molecule has 3 aromatic carbocycles. The quantitative estimate of drug-likeness (QED) is 0.379. The molecule has 1 aromatic heterocycles. The minimum absolute atomic E-state index is 0.315. The first-order valence-corrected chi connectivity index (χ1v) is 11.7. The molecule has 0 bridgehead atoms. The molecule has 0 saturated carbocycles. The van der Waals surface area contributed by atoms with Crippen LogP contribution in [-0.4, -0.2) is 47.5 Å². The molecule has 1 N–H and O–H groups in total. The van der Waals surface area contributed by atoms with Crippen LogP contribution in [0, 0.1) is 0 Å². The number of carbonyl (C=O) groups excluding carboxylic acids is 1. The number of aromatic nitrogens is 1. The van der Waals surface area contributed by atoms with Gasteiger partial charge >= 0.3 is 5.97 Å². The van der Waals surface area contributed by atoms with Crippen LogP contribution in [0.2, 0.25) is 0 Å². The van der Waals surface area contributed by atoms with E-state index in [1.165, 1.54) is 23.1 Å². The Balaban J connectivity index is 1.40. The predicted molar refractivity (Wildman–Crippen MR) is 136 cm³/mol. The molecular formula is C27H25N3O3S. The van der Waals surface area contributed by atoms with Gasteiger partial charge in [0.25, 0.3) is 5.91 Å². The molecule has 4 aromatic rings. The zero-order valence-corrected chi connectivity index (χ0v) is 19.8. The fraction of sp³-hybridized carbons (Fsp3) is 0.148. The number of benzene rings is 3. The van der Waals surface area contributed by atoms with E-state index in [2.05, 4.69) is 46.7 Å². The van der Waals surface area contributed by atoms with Crippen LogP contribution in [0.15, 0.2) is 84.2 Å². The van der Waals surface area contributed by atoms with Crippen molar-refractivity contribution in [1.29, 1.82) is 0 Å². The zero-order valence-electron chi connectivity index (χ0n) is 19.0. The third kappa shape index (κ3) is 5.50. The number of hydrogen-bond donors (Lipinski definition) is 1. The normalized spacial score (nSPS) is 10.6. The van der Waals surface area contributed by atoms with E-state index in [1.54, 1.807) is 23.5 Å². The fourth-order valence-corrected chi connectivity index (χ4v) is 4.43. The van der Waals surface area contributed by atoms with Gasteiger partial charge < -0.3 is 14.9 Å². The van der Waals surface area contributed by atoms with Gasteiger partial charge in [-0.3, -0.25) is 9.59 Å². The number of carboxylic acids is 1. The van der Waals surface area contributed by atoms with Gasteiger partial charge in [-0.1, -0.05) is 66.7 Å². The number of aliphatic carboxylic acids is 1. The maximum atomic E-state index is 12.3. The number of anilines is 1. The van der Waals surface area contributed by atoms with Crippen LogP contribution in [-0.2, 0) is 11.3 Å². The highest BCUT2D eigenvalue weighted by Crippen LogP contribution is 2.29. The molecule has 1 amide bonds. The van der Waals surface area contributed by atoms with Crippen LogP contribution in [0.1, 0.15) is 15.9 Å². The van der Waals surface area contributed by atoms with E-state index in [1.807, 2.05) is 37.4 Å². The van der Waals surface area contributed by atoms with Gasteiger partial charge in [-0.25, -0.2) is 4.98 Å². The third-order valence-electron chi connectivity index (χ3n) is 5.45. The van der Waals surface area contributed by atoms with Gasteiger partial charge in [0.1, 0.15) is 6.54 Å². The van der Waals surface area contributed by atoms with Gasteiger partial charge in [0.15, 0.2) is 5.13 Å². The number of hydrogen-bond acceptors (Lipinski definition) is 5. The number of thiazole rings is 1. The van der Waals surface area contributed by atoms with Crippen molar-refractivity contribution in [3.63, 3.8) is 0 Å². The lowest BCUT2D eigenvalue weighted by Crippen LogP contribution is -2.31. The van der Waals surface area contributed by atoms with Crippen molar-refractivity contribution in [3.05, 3.63) is 95.4 Å². The highest BCUT2D eigenvalue weighted by molar-refractivity contribution is 7.14. The highest BCUT2D eigenvalue weighted by atomic mass is 32.1. The average molecular weight is 472 g/mol. The molecule has 34 heavy (non-hydrogen) atoms. The smallest absolute Gasteiger partial charge is 0.323 e. The molecule has 4 rings (SSSR count). The summed E-state index contributed by atoms with van der Waals surface area (Å²) < 4.78 is 0. The van der Waals surface area contributed by atoms with E-state index in [4.69, 9.17) is 10.1 Å². The summed E-state index contributed by atoms with van der Waals surface area (Å²) in [7, 11) is 3.47. The first kappa shape index (κ1) is 23.2. The minimum atomic E-state index is -1.04. The molecule has 6 nitrogen and oxygen atoms in total. The first-order chi connectivity index (χ1) is 16.4. The largest absolute Gasteiger partial charge is 0.480 e. The topological polar surface area (TPSA) is 73.7 Å². The summed E-state index contributed by atoms with van der Waals surface area (Å²) in [4.78, 5) is 31.2. The van der Waals surface area contributed by atoms with Crippen LogP contribution < -0.4 is 4.90 Å². The maximum absolute atomic E-state index is 12.3. The van der Waals surface area contributed by atoms with Crippen molar-refractivity contribution in [3.8, 4) is 22.4 Å². The molecular weight excluding hydrogens is 446 g/mol. The second-order valence-electron chi connectivity index (χ2n) is 8.07. The van der Waals surface area contributed by atoms with Crippen molar-refractivity contribution in [2.45, 2.75) is 6.54 Å². The minimum Gasteiger partial charge on any atom is -0.480 e. The Morgan fingerprint density at radius 2 is 1.47 bits per heavy atom. The molecule has 1 heterocycles. The molecule has 0 saturated heterocycles. The van der Waals surface area contributed by atoms with Crippen LogP contribution in [0.5, 0.6) is 0 Å². The number of amides is 1. The number of rotatable bonds is 8. The zero-order chi connectivity index (χ0) is 24.1. The van der Waals surface area contributed by atoms with E-state index >= 15 is 0 Å². The summed E-state index contributed by atoms with van der Waals surface area (Å²) in [6, 6.07) is 25.9. The van der Waals surface area contributed by atoms with Gasteiger partial charge in [-0.05, 0) is 28.8 Å². The summed E-state index contributed by atoms with van der Waals surface area (Å²) >= 11 is 1.59. The van der Waals surface area contributed by atoms with Crippen molar-refractivity contribution < 1.29 is 14.7 Å². The highest BCUT2D eigenvalue weighted by Gasteiger charge is 2.15. The van der Waals surface area contributed by atoms with Crippen molar-refractivity contribution in [1.82, 2.24) is 9.88 Å². The molecule has 0 spiro atoms. The summed E-state index contributed by atoms with van der Waals surface area (Å²) in [5.41, 5.74) is 5.87. The van der Waals surface area contributed by atoms with Crippen LogP contribution in [0.3, 0.4) is 0 Å². The van der Waals surface area contributed by atoms with Gasteiger partial charge in [0.05, 0.1) is 5.69 Å². The van der Waals surface area contributed by atoms with Crippen molar-refractivity contribution in [2.24, 2.45) is 0 Å². The third-order valence-corrected chi connectivity index (χ3v) is 6.40. The summed E-state index contributed by atoms with van der Waals surface area (Å²) in [5, 5.41) is 11.8. The molecule has 7 heteroatoms. The predicted octanol–water partition coefficient (Wildman–Crippen LogP) is 5.27. The van der Waals surface area contributed by atoms with E-state index in [0.29, 0.717) is 12.1 Å². The molecule has 0 aliphatic heterocycles. The Morgan fingerprint density at radius 3 is 2.12 bits per heavy atom. The molecule has 0 unspecified atom stereocenters. The molecule has 0 atom stereocenters. The Morgan fingerprint density at radius 1 is 0.853 bits per heavy atom. The fourth-order valence-electron chi connectivity index (χ4n) is 3.63. The number of carbonyl (C=O) groups is 2. The van der Waals surface area contributed by atoms with Crippen LogP contribution in [0.4, 0.5) is 5.13 Å². The van der Waals surface area contributed by atoms with Gasteiger partial charge in [-0.15, -0.1) is 11.3 Å². The Bertz CT molecular complexity index is 1270. The second-order valence-corrected chi connectivity index (χ2v) is 8.90. The maximum Gasteiger partial charge on any atom is 0.323 e. The van der Waals surface area contributed by atoms with Crippen molar-refractivity contribution >= 4 is 28.3 Å². The lowest BCUT2D eigenvalue weighted by atomic mass is 10.0. The molecule has 0 aliphatic carbocycles. The average Bonchev–Trinajstić information content (AvgIpc) is 3.35. The monoisotopic (exact) mass is 471 g/mol. The Labute approximate surface area is 202 Å². The second kappa shape index (κ2) is 10.3. The number of likely N-dealkylation sites (N-methyl/N-ethyl adjacent to an activating group) is 1. The lowest BCUT2D eigenvalue weighted by molar-refractivity contribution is -0.137. The van der Waals surface area contributed by atoms with Gasteiger partial charge in [0.2, 0.25) is 0 Å². The summed E-state index contributed by atoms with van der Waals surface area (Å²) in [6.45, 7) is 0.310. The number of carboxylic acid groups (broad SMARTS) is 1. The molecule has 0 aliphatic rings. The number of nitrogens with zero attached hydrogens (tertiary/aromatic N) is 3. The summed E-state index contributed by atoms with van der Waals surface area (Å²) in [6.07, 6.45) is 0. The lowest BCUT2D eigenvalue weighted by Gasteiger charge is -2.17. The van der Waals surface area contributed by atoms with Crippen molar-refractivity contribution in [2.75, 3.05) is 25.5 Å². The molecule has 0 fully saturated rings. The molecule has 0 radical (unpaired) electrons. The molecule has 172 valence electrons. The van der Waals surface area contributed by atoms with Crippen LogP contribution >= 0.6 is 11.3 Å². The standard InChI is InChI=1S/C27H25N3O3S/c1-29(17-25(31)32)26(33)23-10-8-19(9-11-23)16-30(2)27-28-24(18-34-27)22-14-12-21(13-15-22)20-6-4-3-5-7-20/h3-15,18H,16-17H2,1-2H3,(H,31,32). The van der Waals surface area contributed by atoms with E-state index in [-0.39, 0.29) is 12.5 Å². The van der Waals surface area contributed by atoms with Crippen LogP contribution in [0.25, 0.3) is 22.4 Å². The Hall–Kier alpha value is -3.97. The van der Waals surface area contributed by atoms with Gasteiger partial charge in [0, 0.05) is 37.1 Å².